The molecule has 0 amide bonds. The first-order valence-electron chi connectivity index (χ1n) is 4.10. The van der Waals surface area contributed by atoms with Gasteiger partial charge in [0, 0.05) is 6.42 Å². The lowest BCUT2D eigenvalue weighted by atomic mass is 9.95. The molecule has 0 aliphatic carbocycles. The highest BCUT2D eigenvalue weighted by Gasteiger charge is 2.56. The summed E-state index contributed by atoms with van der Waals surface area (Å²) >= 11 is 0. The van der Waals surface area contributed by atoms with E-state index in [0.717, 1.165) is 0 Å². The molecule has 4 nitrogen and oxygen atoms in total. The van der Waals surface area contributed by atoms with Crippen molar-refractivity contribution in [2.24, 2.45) is 5.92 Å². The van der Waals surface area contributed by atoms with Gasteiger partial charge in [-0.1, -0.05) is 6.92 Å². The lowest BCUT2D eigenvalue weighted by molar-refractivity contribution is -0.206. The minimum Gasteiger partial charge on any atom is -0.422 e. The fourth-order valence-corrected chi connectivity index (χ4v) is 1.87. The Hall–Kier alpha value is -1.06. The highest BCUT2D eigenvalue weighted by molar-refractivity contribution is 5.79. The average molecular weight is 170 g/mol. The second-order valence-electron chi connectivity index (χ2n) is 3.22. The Morgan fingerprint density at radius 3 is 2.17 bits per heavy atom. The zero-order valence-corrected chi connectivity index (χ0v) is 6.83. The highest BCUT2D eigenvalue weighted by atomic mass is 16.7. The molecule has 12 heavy (non-hydrogen) atoms. The molecule has 4 heteroatoms. The van der Waals surface area contributed by atoms with Crippen LogP contribution in [-0.2, 0) is 19.1 Å². The summed E-state index contributed by atoms with van der Waals surface area (Å²) in [5.74, 6) is -1.47. The first-order chi connectivity index (χ1) is 5.66. The summed E-state index contributed by atoms with van der Waals surface area (Å²) in [5, 5.41) is 0. The van der Waals surface area contributed by atoms with Crippen LogP contribution in [0.3, 0.4) is 0 Å². The fraction of sp³-hybridized carbons (Fsp3) is 0.750. The zero-order valence-electron chi connectivity index (χ0n) is 6.83. The molecule has 2 fully saturated rings. The van der Waals surface area contributed by atoms with Crippen molar-refractivity contribution in [3.05, 3.63) is 0 Å². The molecule has 0 saturated carbocycles. The van der Waals surface area contributed by atoms with Gasteiger partial charge >= 0.3 is 11.9 Å². The summed E-state index contributed by atoms with van der Waals surface area (Å²) < 4.78 is 10.0. The molecular weight excluding hydrogens is 160 g/mol. The van der Waals surface area contributed by atoms with Crippen LogP contribution >= 0.6 is 0 Å². The smallest absolute Gasteiger partial charge is 0.309 e. The molecule has 0 aromatic carbocycles. The Kier molecular flexibility index (Phi) is 1.40. The van der Waals surface area contributed by atoms with Gasteiger partial charge in [0.2, 0.25) is 0 Å². The number of rotatable bonds is 1. The molecular formula is C8H10O4. The minimum atomic E-state index is -0.909. The van der Waals surface area contributed by atoms with Crippen molar-refractivity contribution in [2.45, 2.75) is 32.0 Å². The predicted molar refractivity (Wildman–Crippen MR) is 37.9 cm³/mol. The highest BCUT2D eigenvalue weighted by Crippen LogP contribution is 2.44. The molecule has 2 aliphatic rings. The van der Waals surface area contributed by atoms with E-state index in [9.17, 15) is 9.59 Å². The Morgan fingerprint density at radius 1 is 1.33 bits per heavy atom. The number of esters is 2. The van der Waals surface area contributed by atoms with Crippen LogP contribution in [0.2, 0.25) is 0 Å². The molecule has 2 rings (SSSR count). The second kappa shape index (κ2) is 2.21. The second-order valence-corrected chi connectivity index (χ2v) is 3.22. The van der Waals surface area contributed by atoms with Crippen molar-refractivity contribution in [1.29, 1.82) is 0 Å². The summed E-state index contributed by atoms with van der Waals surface area (Å²) in [4.78, 5) is 21.8. The van der Waals surface area contributed by atoms with Gasteiger partial charge in [-0.25, -0.2) is 0 Å². The van der Waals surface area contributed by atoms with E-state index in [0.29, 0.717) is 19.3 Å². The predicted octanol–water partition coefficient (Wildman–Crippen LogP) is 0.603. The van der Waals surface area contributed by atoms with Gasteiger partial charge in [0.1, 0.15) is 0 Å². The monoisotopic (exact) mass is 170 g/mol. The third-order valence-electron chi connectivity index (χ3n) is 2.51. The van der Waals surface area contributed by atoms with Crippen LogP contribution in [0, 0.1) is 5.92 Å². The third-order valence-corrected chi connectivity index (χ3v) is 2.51. The van der Waals surface area contributed by atoms with Crippen LogP contribution in [0.1, 0.15) is 26.2 Å². The maximum absolute atomic E-state index is 10.9. The van der Waals surface area contributed by atoms with Crippen LogP contribution in [-0.4, -0.2) is 17.7 Å². The molecule has 0 spiro atoms. The van der Waals surface area contributed by atoms with Gasteiger partial charge in [-0.15, -0.1) is 0 Å². The Labute approximate surface area is 69.8 Å². The normalized spacial score (nSPS) is 39.2. The van der Waals surface area contributed by atoms with Crippen LogP contribution in [0.15, 0.2) is 0 Å². The third kappa shape index (κ3) is 0.838. The Morgan fingerprint density at radius 2 is 1.83 bits per heavy atom. The standard InChI is InChI=1S/C8H10O4/c1-2-8-5(3-6(9)11-8)4-7(10)12-8/h5H,2-4H2,1H3. The molecule has 2 aliphatic heterocycles. The summed E-state index contributed by atoms with van der Waals surface area (Å²) in [6.45, 7) is 1.85. The van der Waals surface area contributed by atoms with Crippen LogP contribution < -0.4 is 0 Å². The summed E-state index contributed by atoms with van der Waals surface area (Å²) in [6.07, 6.45) is 1.19. The van der Waals surface area contributed by atoms with E-state index in [4.69, 9.17) is 9.47 Å². The SMILES string of the molecule is CCC12OC(=O)CC1CC(=O)O2. The van der Waals surface area contributed by atoms with E-state index in [2.05, 4.69) is 0 Å². The first-order valence-corrected chi connectivity index (χ1v) is 4.10. The van der Waals surface area contributed by atoms with Crippen molar-refractivity contribution in [3.63, 3.8) is 0 Å². The summed E-state index contributed by atoms with van der Waals surface area (Å²) in [7, 11) is 0. The number of carbonyl (C=O) groups is 2. The minimum absolute atomic E-state index is 0.0532. The van der Waals surface area contributed by atoms with Crippen molar-refractivity contribution in [3.8, 4) is 0 Å². The van der Waals surface area contributed by atoms with E-state index >= 15 is 0 Å². The van der Waals surface area contributed by atoms with E-state index in [1.807, 2.05) is 6.92 Å². The van der Waals surface area contributed by atoms with Crippen LogP contribution in [0.4, 0.5) is 0 Å². The molecule has 0 atom stereocenters. The Balaban J connectivity index is 2.26. The fourth-order valence-electron chi connectivity index (χ4n) is 1.87. The topological polar surface area (TPSA) is 52.6 Å². The van der Waals surface area contributed by atoms with Gasteiger partial charge < -0.3 is 9.47 Å². The van der Waals surface area contributed by atoms with E-state index in [-0.39, 0.29) is 17.9 Å². The molecule has 2 heterocycles. The van der Waals surface area contributed by atoms with Crippen molar-refractivity contribution < 1.29 is 19.1 Å². The van der Waals surface area contributed by atoms with E-state index in [1.165, 1.54) is 0 Å². The van der Waals surface area contributed by atoms with Crippen molar-refractivity contribution in [1.82, 2.24) is 0 Å². The van der Waals surface area contributed by atoms with Crippen LogP contribution in [0.25, 0.3) is 0 Å². The maximum Gasteiger partial charge on any atom is 0.309 e. The summed E-state index contributed by atoms with van der Waals surface area (Å²) in [6, 6.07) is 0. The molecule has 0 radical (unpaired) electrons. The van der Waals surface area contributed by atoms with Crippen LogP contribution in [0.5, 0.6) is 0 Å². The largest absolute Gasteiger partial charge is 0.422 e. The quantitative estimate of drug-likeness (QED) is 0.541. The van der Waals surface area contributed by atoms with Gasteiger partial charge in [-0.3, -0.25) is 9.59 Å². The number of hydrogen-bond donors (Lipinski definition) is 0. The van der Waals surface area contributed by atoms with Crippen molar-refractivity contribution >= 4 is 11.9 Å². The number of carbonyl (C=O) groups excluding carboxylic acids is 2. The molecule has 0 aromatic rings. The van der Waals surface area contributed by atoms with E-state index < -0.39 is 5.79 Å². The molecule has 0 aromatic heterocycles. The lowest BCUT2D eigenvalue weighted by Crippen LogP contribution is -2.32. The molecule has 0 unspecified atom stereocenters. The first kappa shape index (κ1) is 7.58. The number of ether oxygens (including phenoxy) is 2. The Bertz CT molecular complexity index is 225. The maximum atomic E-state index is 10.9. The molecule has 0 bridgehead atoms. The summed E-state index contributed by atoms with van der Waals surface area (Å²) in [5.41, 5.74) is 0. The molecule has 2 saturated heterocycles. The molecule has 66 valence electrons. The van der Waals surface area contributed by atoms with Crippen molar-refractivity contribution in [2.75, 3.05) is 0 Å². The van der Waals surface area contributed by atoms with Gasteiger partial charge in [0.25, 0.3) is 5.79 Å². The van der Waals surface area contributed by atoms with Gasteiger partial charge in [0.05, 0.1) is 18.8 Å². The van der Waals surface area contributed by atoms with Gasteiger partial charge in [0.15, 0.2) is 0 Å². The lowest BCUT2D eigenvalue weighted by Gasteiger charge is -2.23. The van der Waals surface area contributed by atoms with Gasteiger partial charge in [-0.2, -0.15) is 0 Å². The van der Waals surface area contributed by atoms with E-state index in [1.54, 1.807) is 0 Å². The number of fused-ring (bicyclic) bond motifs is 1. The van der Waals surface area contributed by atoms with Gasteiger partial charge in [-0.05, 0) is 0 Å². The molecule has 0 N–H and O–H groups in total. The number of hydrogen-bond acceptors (Lipinski definition) is 4. The zero-order chi connectivity index (χ0) is 8.77. The average Bonchev–Trinajstić information content (AvgIpc) is 2.40.